The standard InChI is InChI=1S/C16H22F3NO/c1-10-3-8-14(15(21)9-10)11(2)20-13-6-4-12(5-7-13)16(17,18)19/h3,8-9,11-13,20-21H,4-7H2,1-2H3. The highest BCUT2D eigenvalue weighted by molar-refractivity contribution is 5.37. The van der Waals surface area contributed by atoms with E-state index in [1.54, 1.807) is 6.07 Å². The van der Waals surface area contributed by atoms with Gasteiger partial charge in [0.15, 0.2) is 0 Å². The average molecular weight is 301 g/mol. The molecule has 0 heterocycles. The lowest BCUT2D eigenvalue weighted by Crippen LogP contribution is -2.38. The number of alkyl halides is 3. The van der Waals surface area contributed by atoms with E-state index in [0.717, 1.165) is 11.1 Å². The highest BCUT2D eigenvalue weighted by Crippen LogP contribution is 2.38. The van der Waals surface area contributed by atoms with Crippen molar-refractivity contribution >= 4 is 0 Å². The van der Waals surface area contributed by atoms with Crippen molar-refractivity contribution in [2.75, 3.05) is 0 Å². The van der Waals surface area contributed by atoms with Gasteiger partial charge in [0.05, 0.1) is 5.92 Å². The lowest BCUT2D eigenvalue weighted by Gasteiger charge is -2.32. The third kappa shape index (κ3) is 4.13. The molecule has 0 radical (unpaired) electrons. The number of aryl methyl sites for hydroxylation is 1. The second kappa shape index (κ2) is 6.26. The molecular formula is C16H22F3NO. The quantitative estimate of drug-likeness (QED) is 0.863. The minimum Gasteiger partial charge on any atom is -0.508 e. The largest absolute Gasteiger partial charge is 0.508 e. The number of nitrogens with one attached hydrogen (secondary N) is 1. The molecule has 1 aliphatic carbocycles. The molecule has 1 saturated carbocycles. The molecule has 2 nitrogen and oxygen atoms in total. The normalized spacial score (nSPS) is 24.8. The van der Waals surface area contributed by atoms with Gasteiger partial charge in [0, 0.05) is 17.6 Å². The van der Waals surface area contributed by atoms with Gasteiger partial charge in [-0.15, -0.1) is 0 Å². The van der Waals surface area contributed by atoms with Crippen molar-refractivity contribution in [2.45, 2.75) is 57.8 Å². The third-order valence-electron chi connectivity index (χ3n) is 4.33. The van der Waals surface area contributed by atoms with E-state index in [9.17, 15) is 18.3 Å². The summed E-state index contributed by atoms with van der Waals surface area (Å²) < 4.78 is 37.9. The van der Waals surface area contributed by atoms with Gasteiger partial charge in [-0.05, 0) is 51.2 Å². The predicted octanol–water partition coefficient (Wildman–Crippen LogP) is 4.47. The van der Waals surface area contributed by atoms with Crippen LogP contribution in [0.15, 0.2) is 18.2 Å². The van der Waals surface area contributed by atoms with Gasteiger partial charge in [0.25, 0.3) is 0 Å². The van der Waals surface area contributed by atoms with Crippen LogP contribution < -0.4 is 5.32 Å². The molecule has 1 aliphatic rings. The van der Waals surface area contributed by atoms with Crippen LogP contribution in [0.2, 0.25) is 0 Å². The van der Waals surface area contributed by atoms with Crippen LogP contribution in [-0.4, -0.2) is 17.3 Å². The summed E-state index contributed by atoms with van der Waals surface area (Å²) in [5.41, 5.74) is 1.77. The molecule has 1 atom stereocenters. The number of hydrogen-bond acceptors (Lipinski definition) is 2. The van der Waals surface area contributed by atoms with Gasteiger partial charge in [-0.25, -0.2) is 0 Å². The first-order valence-corrected chi connectivity index (χ1v) is 7.39. The number of phenols is 1. The summed E-state index contributed by atoms with van der Waals surface area (Å²) in [4.78, 5) is 0. The molecule has 21 heavy (non-hydrogen) atoms. The van der Waals surface area contributed by atoms with Gasteiger partial charge in [0.1, 0.15) is 5.75 Å². The van der Waals surface area contributed by atoms with E-state index >= 15 is 0 Å². The van der Waals surface area contributed by atoms with Crippen molar-refractivity contribution in [3.63, 3.8) is 0 Å². The van der Waals surface area contributed by atoms with E-state index in [4.69, 9.17) is 0 Å². The Kier molecular flexibility index (Phi) is 4.81. The van der Waals surface area contributed by atoms with E-state index in [2.05, 4.69) is 5.32 Å². The maximum absolute atomic E-state index is 12.6. The fourth-order valence-electron chi connectivity index (χ4n) is 3.05. The Hall–Kier alpha value is -1.23. The zero-order valence-corrected chi connectivity index (χ0v) is 12.4. The maximum atomic E-state index is 12.6. The minimum atomic E-state index is -4.06. The van der Waals surface area contributed by atoms with Crippen molar-refractivity contribution in [1.82, 2.24) is 5.32 Å². The molecule has 5 heteroatoms. The summed E-state index contributed by atoms with van der Waals surface area (Å²) >= 11 is 0. The number of rotatable bonds is 3. The van der Waals surface area contributed by atoms with Crippen LogP contribution in [0, 0.1) is 12.8 Å². The summed E-state index contributed by atoms with van der Waals surface area (Å²) in [7, 11) is 0. The topological polar surface area (TPSA) is 32.3 Å². The lowest BCUT2D eigenvalue weighted by atomic mass is 9.85. The molecule has 1 aromatic rings. The second-order valence-corrected chi connectivity index (χ2v) is 6.04. The molecule has 1 fully saturated rings. The highest BCUT2D eigenvalue weighted by Gasteiger charge is 2.41. The van der Waals surface area contributed by atoms with Crippen molar-refractivity contribution in [3.8, 4) is 5.75 Å². The molecule has 0 aliphatic heterocycles. The molecule has 0 amide bonds. The first kappa shape index (κ1) is 16.1. The molecule has 0 bridgehead atoms. The Morgan fingerprint density at radius 3 is 2.33 bits per heavy atom. The molecule has 0 spiro atoms. The number of halogens is 3. The van der Waals surface area contributed by atoms with E-state index in [-0.39, 0.29) is 30.7 Å². The third-order valence-corrected chi connectivity index (χ3v) is 4.33. The summed E-state index contributed by atoms with van der Waals surface area (Å²) in [6.45, 7) is 3.83. The Morgan fingerprint density at radius 1 is 1.19 bits per heavy atom. The first-order chi connectivity index (χ1) is 9.77. The molecule has 118 valence electrons. The monoisotopic (exact) mass is 301 g/mol. The zero-order valence-electron chi connectivity index (χ0n) is 12.4. The van der Waals surface area contributed by atoms with Crippen LogP contribution >= 0.6 is 0 Å². The van der Waals surface area contributed by atoms with Gasteiger partial charge in [-0.2, -0.15) is 13.2 Å². The van der Waals surface area contributed by atoms with E-state index < -0.39 is 12.1 Å². The second-order valence-electron chi connectivity index (χ2n) is 6.04. The Morgan fingerprint density at radius 2 is 1.81 bits per heavy atom. The molecule has 2 N–H and O–H groups in total. The SMILES string of the molecule is Cc1ccc(C(C)NC2CCC(C(F)(F)F)CC2)c(O)c1. The van der Waals surface area contributed by atoms with Crippen LogP contribution in [0.4, 0.5) is 13.2 Å². The molecule has 1 aromatic carbocycles. The summed E-state index contributed by atoms with van der Waals surface area (Å²) in [5, 5.41) is 13.3. The van der Waals surface area contributed by atoms with Crippen molar-refractivity contribution in [2.24, 2.45) is 5.92 Å². The van der Waals surface area contributed by atoms with Crippen LogP contribution in [0.3, 0.4) is 0 Å². The van der Waals surface area contributed by atoms with Crippen LogP contribution in [0.5, 0.6) is 5.75 Å². The fourth-order valence-corrected chi connectivity index (χ4v) is 3.05. The predicted molar refractivity (Wildman–Crippen MR) is 76.2 cm³/mol. The van der Waals surface area contributed by atoms with Gasteiger partial charge >= 0.3 is 6.18 Å². The van der Waals surface area contributed by atoms with Gasteiger partial charge in [0.2, 0.25) is 0 Å². The molecule has 1 unspecified atom stereocenters. The molecule has 2 rings (SSSR count). The van der Waals surface area contributed by atoms with E-state index in [1.807, 2.05) is 26.0 Å². The first-order valence-electron chi connectivity index (χ1n) is 7.39. The summed E-state index contributed by atoms with van der Waals surface area (Å²) in [6, 6.07) is 5.50. The molecule has 0 aromatic heterocycles. The Balaban J connectivity index is 1.91. The van der Waals surface area contributed by atoms with Crippen molar-refractivity contribution in [3.05, 3.63) is 29.3 Å². The Bertz CT molecular complexity index is 479. The number of aromatic hydroxyl groups is 1. The maximum Gasteiger partial charge on any atom is 0.391 e. The van der Waals surface area contributed by atoms with Gasteiger partial charge in [-0.1, -0.05) is 12.1 Å². The van der Waals surface area contributed by atoms with Crippen molar-refractivity contribution in [1.29, 1.82) is 0 Å². The number of hydrogen-bond donors (Lipinski definition) is 2. The zero-order chi connectivity index (χ0) is 15.6. The molecule has 0 saturated heterocycles. The average Bonchev–Trinajstić information content (AvgIpc) is 2.38. The minimum absolute atomic E-state index is 0.0713. The smallest absolute Gasteiger partial charge is 0.391 e. The van der Waals surface area contributed by atoms with E-state index in [0.29, 0.717) is 12.8 Å². The summed E-state index contributed by atoms with van der Waals surface area (Å²) in [6.07, 6.45) is -2.63. The number of phenolic OH excluding ortho intramolecular Hbond substituents is 1. The van der Waals surface area contributed by atoms with Gasteiger partial charge in [-0.3, -0.25) is 0 Å². The van der Waals surface area contributed by atoms with Gasteiger partial charge < -0.3 is 10.4 Å². The Labute approximate surface area is 123 Å². The number of benzene rings is 1. The fraction of sp³-hybridized carbons (Fsp3) is 0.625. The van der Waals surface area contributed by atoms with Crippen LogP contribution in [0.1, 0.15) is 49.8 Å². The lowest BCUT2D eigenvalue weighted by molar-refractivity contribution is -0.182. The summed E-state index contributed by atoms with van der Waals surface area (Å²) in [5.74, 6) is -0.919. The van der Waals surface area contributed by atoms with Crippen LogP contribution in [-0.2, 0) is 0 Å². The van der Waals surface area contributed by atoms with Crippen molar-refractivity contribution < 1.29 is 18.3 Å². The van der Waals surface area contributed by atoms with Crippen LogP contribution in [0.25, 0.3) is 0 Å². The highest BCUT2D eigenvalue weighted by atomic mass is 19.4. The molecular weight excluding hydrogens is 279 g/mol. The van der Waals surface area contributed by atoms with E-state index in [1.165, 1.54) is 0 Å².